The van der Waals surface area contributed by atoms with E-state index in [0.717, 1.165) is 10.0 Å². The Morgan fingerprint density at radius 3 is 2.52 bits per heavy atom. The van der Waals surface area contributed by atoms with E-state index in [0.29, 0.717) is 34.7 Å². The van der Waals surface area contributed by atoms with Gasteiger partial charge in [0, 0.05) is 4.47 Å². The first-order valence-corrected chi connectivity index (χ1v) is 9.25. The van der Waals surface area contributed by atoms with Gasteiger partial charge >= 0.3 is 5.97 Å². The molecule has 0 heterocycles. The maximum absolute atomic E-state index is 12.0. The summed E-state index contributed by atoms with van der Waals surface area (Å²) in [6.45, 7) is 6.39. The molecule has 4 nitrogen and oxygen atoms in total. The molecular formula is C19H18Br2O4. The van der Waals surface area contributed by atoms with Gasteiger partial charge in [0.05, 0.1) is 16.6 Å². The average molecular weight is 470 g/mol. The maximum Gasteiger partial charge on any atom is 0.338 e. The lowest BCUT2D eigenvalue weighted by atomic mass is 10.2. The van der Waals surface area contributed by atoms with E-state index in [-0.39, 0.29) is 6.61 Å². The number of hydrogen-bond donors (Lipinski definition) is 0. The summed E-state index contributed by atoms with van der Waals surface area (Å²) in [6, 6.07) is 11.1. The van der Waals surface area contributed by atoms with Crippen LogP contribution in [0.5, 0.6) is 11.5 Å². The van der Waals surface area contributed by atoms with Crippen LogP contribution < -0.4 is 9.47 Å². The van der Waals surface area contributed by atoms with Crippen LogP contribution in [-0.4, -0.2) is 19.2 Å². The van der Waals surface area contributed by atoms with Crippen LogP contribution in [0.25, 0.3) is 0 Å². The molecule has 0 aromatic heterocycles. The van der Waals surface area contributed by atoms with Crippen LogP contribution in [-0.2, 0) is 11.3 Å². The van der Waals surface area contributed by atoms with Gasteiger partial charge in [-0.15, -0.1) is 0 Å². The topological polar surface area (TPSA) is 44.8 Å². The van der Waals surface area contributed by atoms with Crippen molar-refractivity contribution in [1.29, 1.82) is 0 Å². The molecule has 0 aliphatic heterocycles. The lowest BCUT2D eigenvalue weighted by Gasteiger charge is -2.15. The SMILES string of the molecule is C=CCOC(=O)c1cc(Br)c(OCc2ccc(Br)cc2)c(OCC)c1. The van der Waals surface area contributed by atoms with Gasteiger partial charge in [0.1, 0.15) is 13.2 Å². The third-order valence-electron chi connectivity index (χ3n) is 3.17. The lowest BCUT2D eigenvalue weighted by molar-refractivity contribution is 0.0549. The normalized spacial score (nSPS) is 10.2. The minimum Gasteiger partial charge on any atom is -0.490 e. The van der Waals surface area contributed by atoms with E-state index in [2.05, 4.69) is 38.4 Å². The molecule has 132 valence electrons. The molecule has 2 rings (SSSR count). The summed E-state index contributed by atoms with van der Waals surface area (Å²) in [5.41, 5.74) is 1.40. The largest absolute Gasteiger partial charge is 0.490 e. The third-order valence-corrected chi connectivity index (χ3v) is 4.29. The summed E-state index contributed by atoms with van der Waals surface area (Å²) >= 11 is 6.86. The predicted octanol–water partition coefficient (Wildman–Crippen LogP) is 5.53. The van der Waals surface area contributed by atoms with E-state index >= 15 is 0 Å². The molecular weight excluding hydrogens is 452 g/mol. The summed E-state index contributed by atoms with van der Waals surface area (Å²) in [7, 11) is 0. The molecule has 0 N–H and O–H groups in total. The van der Waals surface area contributed by atoms with Crippen molar-refractivity contribution in [3.8, 4) is 11.5 Å². The summed E-state index contributed by atoms with van der Waals surface area (Å²) in [4.78, 5) is 12.0. The number of esters is 1. The number of ether oxygens (including phenoxy) is 3. The Labute approximate surface area is 164 Å². The number of hydrogen-bond acceptors (Lipinski definition) is 4. The van der Waals surface area contributed by atoms with Gasteiger partial charge in [-0.05, 0) is 52.7 Å². The van der Waals surface area contributed by atoms with Crippen LogP contribution in [0, 0.1) is 0 Å². The molecule has 6 heteroatoms. The van der Waals surface area contributed by atoms with E-state index in [1.807, 2.05) is 31.2 Å². The molecule has 0 fully saturated rings. The molecule has 0 spiro atoms. The number of carbonyl (C=O) groups is 1. The zero-order chi connectivity index (χ0) is 18.2. The second kappa shape index (κ2) is 9.63. The van der Waals surface area contributed by atoms with Gasteiger partial charge in [0.2, 0.25) is 0 Å². The summed E-state index contributed by atoms with van der Waals surface area (Å²) < 4.78 is 18.2. The standard InChI is InChI=1S/C19H18Br2O4/c1-3-9-24-19(22)14-10-16(21)18(17(11-14)23-4-2)25-12-13-5-7-15(20)8-6-13/h3,5-8,10-11H,1,4,9,12H2,2H3. The maximum atomic E-state index is 12.0. The molecule has 0 radical (unpaired) electrons. The van der Waals surface area contributed by atoms with E-state index < -0.39 is 5.97 Å². The third kappa shape index (κ3) is 5.61. The highest BCUT2D eigenvalue weighted by Gasteiger charge is 2.17. The van der Waals surface area contributed by atoms with Crippen LogP contribution >= 0.6 is 31.9 Å². The quantitative estimate of drug-likeness (QED) is 0.376. The molecule has 0 unspecified atom stereocenters. The van der Waals surface area contributed by atoms with Crippen LogP contribution in [0.2, 0.25) is 0 Å². The van der Waals surface area contributed by atoms with Gasteiger partial charge < -0.3 is 14.2 Å². The van der Waals surface area contributed by atoms with Crippen molar-refractivity contribution in [2.75, 3.05) is 13.2 Å². The van der Waals surface area contributed by atoms with Crippen molar-refractivity contribution in [1.82, 2.24) is 0 Å². The number of rotatable bonds is 8. The lowest BCUT2D eigenvalue weighted by Crippen LogP contribution is -2.07. The van der Waals surface area contributed by atoms with Gasteiger partial charge in [-0.2, -0.15) is 0 Å². The Morgan fingerprint density at radius 2 is 1.88 bits per heavy atom. The fraction of sp³-hybridized carbons (Fsp3) is 0.211. The first-order chi connectivity index (χ1) is 12.0. The monoisotopic (exact) mass is 468 g/mol. The molecule has 25 heavy (non-hydrogen) atoms. The average Bonchev–Trinajstić information content (AvgIpc) is 2.60. The number of carbonyl (C=O) groups excluding carboxylic acids is 1. The molecule has 2 aromatic carbocycles. The Balaban J connectivity index is 2.22. The summed E-state index contributed by atoms with van der Waals surface area (Å²) in [5, 5.41) is 0. The summed E-state index contributed by atoms with van der Waals surface area (Å²) in [5.74, 6) is 0.589. The highest BCUT2D eigenvalue weighted by molar-refractivity contribution is 9.10. The van der Waals surface area contributed by atoms with Gasteiger partial charge in [0.25, 0.3) is 0 Å². The highest BCUT2D eigenvalue weighted by atomic mass is 79.9. The Kier molecular flexibility index (Phi) is 7.52. The molecule has 0 bridgehead atoms. The molecule has 0 saturated carbocycles. The zero-order valence-corrected chi connectivity index (χ0v) is 16.9. The molecule has 0 atom stereocenters. The van der Waals surface area contributed by atoms with Crippen molar-refractivity contribution in [3.63, 3.8) is 0 Å². The Morgan fingerprint density at radius 1 is 1.16 bits per heavy atom. The Bertz CT molecular complexity index is 742. The molecule has 0 amide bonds. The molecule has 0 aliphatic rings. The fourth-order valence-corrected chi connectivity index (χ4v) is 2.86. The molecule has 0 saturated heterocycles. The van der Waals surface area contributed by atoms with Crippen LogP contribution in [0.1, 0.15) is 22.8 Å². The second-order valence-corrected chi connectivity index (χ2v) is 6.79. The molecule has 2 aromatic rings. The van der Waals surface area contributed by atoms with E-state index in [4.69, 9.17) is 14.2 Å². The zero-order valence-electron chi connectivity index (χ0n) is 13.8. The fourth-order valence-electron chi connectivity index (χ4n) is 2.04. The van der Waals surface area contributed by atoms with E-state index in [1.165, 1.54) is 6.08 Å². The van der Waals surface area contributed by atoms with Gasteiger partial charge in [-0.3, -0.25) is 0 Å². The predicted molar refractivity (Wildman–Crippen MR) is 104 cm³/mol. The minimum absolute atomic E-state index is 0.155. The van der Waals surface area contributed by atoms with Crippen molar-refractivity contribution < 1.29 is 19.0 Å². The van der Waals surface area contributed by atoms with Crippen LogP contribution in [0.15, 0.2) is 58.0 Å². The minimum atomic E-state index is -0.444. The van der Waals surface area contributed by atoms with Crippen molar-refractivity contribution in [3.05, 3.63) is 69.1 Å². The van der Waals surface area contributed by atoms with Crippen molar-refractivity contribution in [2.24, 2.45) is 0 Å². The number of halogens is 2. The van der Waals surface area contributed by atoms with E-state index in [1.54, 1.807) is 12.1 Å². The van der Waals surface area contributed by atoms with Crippen LogP contribution in [0.4, 0.5) is 0 Å². The first kappa shape index (κ1) is 19.5. The summed E-state index contributed by atoms with van der Waals surface area (Å²) in [6.07, 6.45) is 1.52. The second-order valence-electron chi connectivity index (χ2n) is 5.02. The van der Waals surface area contributed by atoms with E-state index in [9.17, 15) is 4.79 Å². The number of benzene rings is 2. The van der Waals surface area contributed by atoms with Crippen molar-refractivity contribution in [2.45, 2.75) is 13.5 Å². The smallest absolute Gasteiger partial charge is 0.338 e. The highest BCUT2D eigenvalue weighted by Crippen LogP contribution is 2.37. The first-order valence-electron chi connectivity index (χ1n) is 7.66. The van der Waals surface area contributed by atoms with Gasteiger partial charge in [0.15, 0.2) is 11.5 Å². The van der Waals surface area contributed by atoms with Gasteiger partial charge in [-0.25, -0.2) is 4.79 Å². The van der Waals surface area contributed by atoms with Crippen LogP contribution in [0.3, 0.4) is 0 Å². The Hall–Kier alpha value is -1.79. The van der Waals surface area contributed by atoms with Gasteiger partial charge in [-0.1, -0.05) is 40.7 Å². The van der Waals surface area contributed by atoms with Crippen molar-refractivity contribution >= 4 is 37.8 Å². The molecule has 0 aliphatic carbocycles.